The van der Waals surface area contributed by atoms with Gasteiger partial charge in [-0.3, -0.25) is 9.52 Å². The highest BCUT2D eigenvalue weighted by Crippen LogP contribution is 2.37. The van der Waals surface area contributed by atoms with Crippen molar-refractivity contribution < 1.29 is 22.3 Å². The zero-order valence-electron chi connectivity index (χ0n) is 12.1. The Kier molecular flexibility index (Phi) is 3.69. The molecule has 1 aliphatic rings. The molecule has 0 bridgehead atoms. The molecule has 8 heteroatoms. The highest BCUT2D eigenvalue weighted by molar-refractivity contribution is 7.92. The van der Waals surface area contributed by atoms with E-state index in [0.29, 0.717) is 0 Å². The standard InChI is InChI=1S/C15H13FN2O4S/c1-9-3-2-4-11(5-9)23(20,21)18-13-7-10(16)6-12-15(13)22-8-14(19)17-12/h2-7,18H,8H2,1H3,(H,17,19). The van der Waals surface area contributed by atoms with E-state index < -0.39 is 21.7 Å². The molecule has 120 valence electrons. The van der Waals surface area contributed by atoms with Gasteiger partial charge in [0.25, 0.3) is 15.9 Å². The van der Waals surface area contributed by atoms with E-state index in [2.05, 4.69) is 10.0 Å². The number of nitrogens with one attached hydrogen (secondary N) is 2. The average molecular weight is 336 g/mol. The second-order valence-electron chi connectivity index (χ2n) is 5.09. The van der Waals surface area contributed by atoms with Crippen LogP contribution in [0.3, 0.4) is 0 Å². The monoisotopic (exact) mass is 336 g/mol. The Morgan fingerprint density at radius 3 is 2.78 bits per heavy atom. The summed E-state index contributed by atoms with van der Waals surface area (Å²) >= 11 is 0. The number of carbonyl (C=O) groups excluding carboxylic acids is 1. The Bertz CT molecular complexity index is 896. The van der Waals surface area contributed by atoms with E-state index in [1.54, 1.807) is 19.1 Å². The Balaban J connectivity index is 2.02. The molecule has 1 aliphatic heterocycles. The molecule has 6 nitrogen and oxygen atoms in total. The fourth-order valence-electron chi connectivity index (χ4n) is 2.23. The van der Waals surface area contributed by atoms with Gasteiger partial charge in [-0.1, -0.05) is 12.1 Å². The lowest BCUT2D eigenvalue weighted by Crippen LogP contribution is -2.26. The van der Waals surface area contributed by atoms with Gasteiger partial charge in [0.2, 0.25) is 0 Å². The third kappa shape index (κ3) is 3.11. The number of benzene rings is 2. The maximum Gasteiger partial charge on any atom is 0.262 e. The molecule has 3 rings (SSSR count). The van der Waals surface area contributed by atoms with Gasteiger partial charge in [0.05, 0.1) is 16.3 Å². The largest absolute Gasteiger partial charge is 0.479 e. The van der Waals surface area contributed by atoms with Gasteiger partial charge in [-0.25, -0.2) is 12.8 Å². The van der Waals surface area contributed by atoms with Crippen LogP contribution >= 0.6 is 0 Å². The maximum atomic E-state index is 13.7. The number of hydrogen-bond acceptors (Lipinski definition) is 4. The van der Waals surface area contributed by atoms with Crippen molar-refractivity contribution >= 4 is 27.3 Å². The van der Waals surface area contributed by atoms with Crippen molar-refractivity contribution in [1.29, 1.82) is 0 Å². The van der Waals surface area contributed by atoms with Crippen LogP contribution in [0.25, 0.3) is 0 Å². The Labute approximate surface area is 132 Å². The number of anilines is 2. The summed E-state index contributed by atoms with van der Waals surface area (Å²) < 4.78 is 46.1. The third-order valence-electron chi connectivity index (χ3n) is 3.22. The number of rotatable bonds is 3. The van der Waals surface area contributed by atoms with Gasteiger partial charge in [0.15, 0.2) is 12.4 Å². The van der Waals surface area contributed by atoms with Crippen LogP contribution in [0.1, 0.15) is 5.56 Å². The summed E-state index contributed by atoms with van der Waals surface area (Å²) in [5.41, 5.74) is 0.794. The highest BCUT2D eigenvalue weighted by Gasteiger charge is 2.24. The van der Waals surface area contributed by atoms with Crippen LogP contribution in [0, 0.1) is 12.7 Å². The van der Waals surface area contributed by atoms with Gasteiger partial charge in [-0.2, -0.15) is 0 Å². The van der Waals surface area contributed by atoms with Crippen LogP contribution < -0.4 is 14.8 Å². The van der Waals surface area contributed by atoms with Crippen LogP contribution in [0.5, 0.6) is 5.75 Å². The molecule has 0 atom stereocenters. The van der Waals surface area contributed by atoms with Gasteiger partial charge in [0.1, 0.15) is 5.82 Å². The number of ether oxygens (including phenoxy) is 1. The van der Waals surface area contributed by atoms with Crippen molar-refractivity contribution in [2.24, 2.45) is 0 Å². The second-order valence-corrected chi connectivity index (χ2v) is 6.77. The number of amides is 1. The molecule has 1 amide bonds. The molecule has 0 radical (unpaired) electrons. The predicted octanol–water partition coefficient (Wildman–Crippen LogP) is 2.27. The zero-order chi connectivity index (χ0) is 16.6. The minimum Gasteiger partial charge on any atom is -0.479 e. The number of aryl methyl sites for hydroxylation is 1. The topological polar surface area (TPSA) is 84.5 Å². The normalized spacial score (nSPS) is 13.7. The Morgan fingerprint density at radius 1 is 1.26 bits per heavy atom. The highest BCUT2D eigenvalue weighted by atomic mass is 32.2. The molecular formula is C15H13FN2O4S. The first kappa shape index (κ1) is 15.3. The van der Waals surface area contributed by atoms with E-state index in [4.69, 9.17) is 4.74 Å². The predicted molar refractivity (Wildman–Crippen MR) is 82.5 cm³/mol. The number of halogens is 1. The van der Waals surface area contributed by atoms with Crippen molar-refractivity contribution in [3.8, 4) is 5.75 Å². The summed E-state index contributed by atoms with van der Waals surface area (Å²) in [6.45, 7) is 1.50. The first-order valence-corrected chi connectivity index (χ1v) is 8.19. The molecule has 0 aliphatic carbocycles. The van der Waals surface area contributed by atoms with E-state index in [1.165, 1.54) is 12.1 Å². The molecule has 0 saturated heterocycles. The van der Waals surface area contributed by atoms with E-state index >= 15 is 0 Å². The summed E-state index contributed by atoms with van der Waals surface area (Å²) in [4.78, 5) is 11.3. The molecule has 2 N–H and O–H groups in total. The summed E-state index contributed by atoms with van der Waals surface area (Å²) in [6, 6.07) is 8.38. The Morgan fingerprint density at radius 2 is 2.04 bits per heavy atom. The number of fused-ring (bicyclic) bond motifs is 1. The molecule has 0 saturated carbocycles. The fraction of sp³-hybridized carbons (Fsp3) is 0.133. The Hall–Kier alpha value is -2.61. The van der Waals surface area contributed by atoms with Crippen molar-refractivity contribution in [2.75, 3.05) is 16.6 Å². The van der Waals surface area contributed by atoms with Gasteiger partial charge in [0, 0.05) is 12.1 Å². The van der Waals surface area contributed by atoms with Crippen molar-refractivity contribution in [2.45, 2.75) is 11.8 Å². The lowest BCUT2D eigenvalue weighted by atomic mass is 10.2. The molecule has 2 aromatic rings. The van der Waals surface area contributed by atoms with Gasteiger partial charge >= 0.3 is 0 Å². The minimum absolute atomic E-state index is 0.0513. The molecule has 0 fully saturated rings. The smallest absolute Gasteiger partial charge is 0.262 e. The lowest BCUT2D eigenvalue weighted by Gasteiger charge is -2.21. The van der Waals surface area contributed by atoms with Crippen molar-refractivity contribution in [3.05, 3.63) is 47.8 Å². The molecule has 0 unspecified atom stereocenters. The fourth-order valence-corrected chi connectivity index (χ4v) is 3.39. The van der Waals surface area contributed by atoms with E-state index in [9.17, 15) is 17.6 Å². The van der Waals surface area contributed by atoms with Crippen LogP contribution in [-0.4, -0.2) is 20.9 Å². The first-order valence-electron chi connectivity index (χ1n) is 6.71. The number of hydrogen-bond donors (Lipinski definition) is 2. The molecule has 1 heterocycles. The third-order valence-corrected chi connectivity index (χ3v) is 4.58. The van der Waals surface area contributed by atoms with Crippen LogP contribution in [-0.2, 0) is 14.8 Å². The second kappa shape index (κ2) is 5.54. The van der Waals surface area contributed by atoms with Crippen LogP contribution in [0.2, 0.25) is 0 Å². The molecule has 0 aromatic heterocycles. The SMILES string of the molecule is Cc1cccc(S(=O)(=O)Nc2cc(F)cc3c2OCC(=O)N3)c1. The summed E-state index contributed by atoms with van der Waals surface area (Å²) in [6.07, 6.45) is 0. The van der Waals surface area contributed by atoms with E-state index in [0.717, 1.165) is 17.7 Å². The van der Waals surface area contributed by atoms with Crippen LogP contribution in [0.4, 0.5) is 15.8 Å². The lowest BCUT2D eigenvalue weighted by molar-refractivity contribution is -0.118. The molecule has 0 spiro atoms. The summed E-state index contributed by atoms with van der Waals surface area (Å²) in [5.74, 6) is -1.05. The quantitative estimate of drug-likeness (QED) is 0.900. The molecule has 23 heavy (non-hydrogen) atoms. The van der Waals surface area contributed by atoms with Gasteiger partial charge in [-0.15, -0.1) is 0 Å². The summed E-state index contributed by atoms with van der Waals surface area (Å²) in [7, 11) is -3.91. The number of carbonyl (C=O) groups is 1. The maximum absolute atomic E-state index is 13.7. The minimum atomic E-state index is -3.91. The first-order chi connectivity index (χ1) is 10.8. The van der Waals surface area contributed by atoms with Gasteiger partial charge in [-0.05, 0) is 24.6 Å². The van der Waals surface area contributed by atoms with Crippen molar-refractivity contribution in [1.82, 2.24) is 0 Å². The van der Waals surface area contributed by atoms with E-state index in [-0.39, 0.29) is 28.6 Å². The van der Waals surface area contributed by atoms with E-state index in [1.807, 2.05) is 0 Å². The van der Waals surface area contributed by atoms with Crippen LogP contribution in [0.15, 0.2) is 41.3 Å². The van der Waals surface area contributed by atoms with Crippen molar-refractivity contribution in [3.63, 3.8) is 0 Å². The zero-order valence-corrected chi connectivity index (χ0v) is 12.9. The molecule has 2 aromatic carbocycles. The molecular weight excluding hydrogens is 323 g/mol. The number of sulfonamides is 1. The average Bonchev–Trinajstić information content (AvgIpc) is 2.46. The van der Waals surface area contributed by atoms with Gasteiger partial charge < -0.3 is 10.1 Å². The summed E-state index contributed by atoms with van der Waals surface area (Å²) in [5, 5.41) is 2.44.